The minimum atomic E-state index is -0.779. The Morgan fingerprint density at radius 2 is 1.75 bits per heavy atom. The van der Waals surface area contributed by atoms with Crippen LogP contribution in [0.1, 0.15) is 27.7 Å². The van der Waals surface area contributed by atoms with Gasteiger partial charge < -0.3 is 18.6 Å². The maximum absolute atomic E-state index is 13.6. The molecule has 0 saturated heterocycles. The number of para-hydroxylation sites is 1. The van der Waals surface area contributed by atoms with Crippen LogP contribution in [0.15, 0.2) is 57.2 Å². The highest BCUT2D eigenvalue weighted by Gasteiger charge is 2.45. The number of benzene rings is 2. The maximum Gasteiger partial charge on any atom is 0.297 e. The molecule has 3 heterocycles. The standard InChI is InChI=1S/C23H18N2O6S/c1-28-15-10-12(11-16(29-2)20(15)30-3)18-17-19(26)13-6-4-5-7-14(13)31-21(17)22(27)25(18)23-24-8-9-32-23/h4-11,18H,1-3H3/t18-/m1/s1. The highest BCUT2D eigenvalue weighted by atomic mass is 32.1. The first-order chi connectivity index (χ1) is 15.6. The Labute approximate surface area is 186 Å². The Balaban J connectivity index is 1.83. The number of ether oxygens (including phenoxy) is 3. The van der Waals surface area contributed by atoms with Crippen LogP contribution in [0.25, 0.3) is 11.0 Å². The van der Waals surface area contributed by atoms with E-state index in [2.05, 4.69) is 4.98 Å². The molecule has 2 aromatic carbocycles. The Kier molecular flexibility index (Phi) is 4.82. The van der Waals surface area contributed by atoms with Crippen LogP contribution in [0.2, 0.25) is 0 Å². The van der Waals surface area contributed by atoms with Crippen molar-refractivity contribution >= 4 is 33.3 Å². The van der Waals surface area contributed by atoms with Gasteiger partial charge in [-0.1, -0.05) is 12.1 Å². The molecule has 4 aromatic rings. The van der Waals surface area contributed by atoms with Gasteiger partial charge in [-0.3, -0.25) is 14.5 Å². The topological polar surface area (TPSA) is 91.1 Å². The van der Waals surface area contributed by atoms with Gasteiger partial charge in [0.25, 0.3) is 5.91 Å². The van der Waals surface area contributed by atoms with Gasteiger partial charge in [-0.25, -0.2) is 4.98 Å². The van der Waals surface area contributed by atoms with Crippen molar-refractivity contribution in [3.05, 3.63) is 75.1 Å². The Morgan fingerprint density at radius 1 is 1.03 bits per heavy atom. The smallest absolute Gasteiger partial charge is 0.297 e. The Morgan fingerprint density at radius 3 is 2.38 bits per heavy atom. The molecular weight excluding hydrogens is 432 g/mol. The molecule has 0 unspecified atom stereocenters. The molecule has 32 heavy (non-hydrogen) atoms. The highest BCUT2D eigenvalue weighted by molar-refractivity contribution is 7.13. The third-order valence-electron chi connectivity index (χ3n) is 5.41. The number of methoxy groups -OCH3 is 3. The summed E-state index contributed by atoms with van der Waals surface area (Å²) >= 11 is 1.29. The van der Waals surface area contributed by atoms with Crippen molar-refractivity contribution in [1.82, 2.24) is 4.98 Å². The number of anilines is 1. The van der Waals surface area contributed by atoms with Crippen molar-refractivity contribution in [3.8, 4) is 17.2 Å². The van der Waals surface area contributed by atoms with Gasteiger partial charge in [0.05, 0.1) is 38.3 Å². The average molecular weight is 450 g/mol. The number of aromatic nitrogens is 1. The lowest BCUT2D eigenvalue weighted by Crippen LogP contribution is -2.29. The third kappa shape index (κ3) is 2.85. The minimum Gasteiger partial charge on any atom is -0.493 e. The fourth-order valence-electron chi connectivity index (χ4n) is 4.03. The van der Waals surface area contributed by atoms with Crippen molar-refractivity contribution in [2.24, 2.45) is 0 Å². The second-order valence-electron chi connectivity index (χ2n) is 7.02. The molecule has 162 valence electrons. The molecule has 8 nitrogen and oxygen atoms in total. The van der Waals surface area contributed by atoms with E-state index in [9.17, 15) is 9.59 Å². The molecule has 0 fully saturated rings. The number of carbonyl (C=O) groups is 1. The fourth-order valence-corrected chi connectivity index (χ4v) is 4.69. The van der Waals surface area contributed by atoms with Crippen LogP contribution < -0.4 is 24.5 Å². The first kappa shape index (κ1) is 20.1. The van der Waals surface area contributed by atoms with E-state index in [1.54, 1.807) is 48.0 Å². The van der Waals surface area contributed by atoms with Gasteiger partial charge in [0.1, 0.15) is 5.58 Å². The first-order valence-corrected chi connectivity index (χ1v) is 10.6. The summed E-state index contributed by atoms with van der Waals surface area (Å²) in [7, 11) is 4.53. The number of amides is 1. The first-order valence-electron chi connectivity index (χ1n) is 9.67. The molecule has 5 rings (SSSR count). The van der Waals surface area contributed by atoms with Crippen LogP contribution in [0, 0.1) is 0 Å². The quantitative estimate of drug-likeness (QED) is 0.453. The second-order valence-corrected chi connectivity index (χ2v) is 7.89. The highest BCUT2D eigenvalue weighted by Crippen LogP contribution is 2.46. The molecule has 0 aliphatic carbocycles. The number of rotatable bonds is 5. The predicted octanol–water partition coefficient (Wildman–Crippen LogP) is 4.03. The number of hydrogen-bond donors (Lipinski definition) is 0. The molecule has 9 heteroatoms. The van der Waals surface area contributed by atoms with Crippen molar-refractivity contribution in [3.63, 3.8) is 0 Å². The van der Waals surface area contributed by atoms with Crippen molar-refractivity contribution in [2.45, 2.75) is 6.04 Å². The van der Waals surface area contributed by atoms with Crippen LogP contribution in [-0.4, -0.2) is 32.2 Å². The minimum absolute atomic E-state index is 0.00246. The molecule has 1 atom stereocenters. The van der Waals surface area contributed by atoms with E-state index < -0.39 is 11.9 Å². The van der Waals surface area contributed by atoms with Crippen LogP contribution in [0.5, 0.6) is 17.2 Å². The summed E-state index contributed by atoms with van der Waals surface area (Å²) in [6.45, 7) is 0. The zero-order valence-corrected chi connectivity index (χ0v) is 18.3. The van der Waals surface area contributed by atoms with E-state index in [0.29, 0.717) is 38.9 Å². The lowest BCUT2D eigenvalue weighted by molar-refractivity contribution is 0.0971. The van der Waals surface area contributed by atoms with Crippen LogP contribution in [0.4, 0.5) is 5.13 Å². The van der Waals surface area contributed by atoms with Gasteiger partial charge >= 0.3 is 0 Å². The summed E-state index contributed by atoms with van der Waals surface area (Å²) in [4.78, 5) is 32.8. The molecule has 0 N–H and O–H groups in total. The largest absolute Gasteiger partial charge is 0.493 e. The Hall–Kier alpha value is -3.85. The van der Waals surface area contributed by atoms with Crippen molar-refractivity contribution in [1.29, 1.82) is 0 Å². The molecule has 0 bridgehead atoms. The van der Waals surface area contributed by atoms with E-state index >= 15 is 0 Å². The zero-order chi connectivity index (χ0) is 22.4. The fraction of sp³-hybridized carbons (Fsp3) is 0.174. The predicted molar refractivity (Wildman–Crippen MR) is 119 cm³/mol. The third-order valence-corrected chi connectivity index (χ3v) is 6.18. The SMILES string of the molecule is COc1cc([C@@H]2c3c(oc4ccccc4c3=O)C(=O)N2c2nccs2)cc(OC)c1OC. The van der Waals surface area contributed by atoms with Gasteiger partial charge in [-0.05, 0) is 29.8 Å². The lowest BCUT2D eigenvalue weighted by Gasteiger charge is -2.24. The van der Waals surface area contributed by atoms with E-state index in [-0.39, 0.29) is 16.8 Å². The summed E-state index contributed by atoms with van der Waals surface area (Å²) in [6.07, 6.45) is 1.61. The monoisotopic (exact) mass is 450 g/mol. The van der Waals surface area contributed by atoms with Gasteiger partial charge in [-0.15, -0.1) is 11.3 Å². The number of carbonyl (C=O) groups excluding carboxylic acids is 1. The van der Waals surface area contributed by atoms with Gasteiger partial charge in [0.15, 0.2) is 22.1 Å². The molecular formula is C23H18N2O6S. The number of fused-ring (bicyclic) bond motifs is 2. The van der Waals surface area contributed by atoms with E-state index in [1.165, 1.54) is 37.6 Å². The number of nitrogens with zero attached hydrogens (tertiary/aromatic N) is 2. The summed E-state index contributed by atoms with van der Waals surface area (Å²) in [5, 5.41) is 2.62. The van der Waals surface area contributed by atoms with Crippen LogP contribution in [0.3, 0.4) is 0 Å². The summed E-state index contributed by atoms with van der Waals surface area (Å²) < 4.78 is 22.4. The number of thiazole rings is 1. The molecule has 0 saturated carbocycles. The summed E-state index contributed by atoms with van der Waals surface area (Å²) in [6, 6.07) is 9.54. The van der Waals surface area contributed by atoms with Gasteiger partial charge in [-0.2, -0.15) is 0 Å². The Bertz CT molecular complexity index is 1370. The van der Waals surface area contributed by atoms with Crippen molar-refractivity contribution in [2.75, 3.05) is 26.2 Å². The molecule has 0 spiro atoms. The molecule has 1 amide bonds. The summed E-state index contributed by atoms with van der Waals surface area (Å²) in [5.74, 6) is 0.799. The van der Waals surface area contributed by atoms with E-state index in [4.69, 9.17) is 18.6 Å². The molecule has 1 aliphatic heterocycles. The average Bonchev–Trinajstić information content (AvgIpc) is 3.45. The second kappa shape index (κ2) is 7.69. The van der Waals surface area contributed by atoms with Crippen LogP contribution in [-0.2, 0) is 0 Å². The zero-order valence-electron chi connectivity index (χ0n) is 17.4. The van der Waals surface area contributed by atoms with Crippen molar-refractivity contribution < 1.29 is 23.4 Å². The maximum atomic E-state index is 13.6. The molecule has 0 radical (unpaired) electrons. The lowest BCUT2D eigenvalue weighted by atomic mass is 9.98. The molecule has 1 aliphatic rings. The van der Waals surface area contributed by atoms with Gasteiger partial charge in [0.2, 0.25) is 11.5 Å². The van der Waals surface area contributed by atoms with E-state index in [1.807, 2.05) is 0 Å². The van der Waals surface area contributed by atoms with E-state index in [0.717, 1.165) is 0 Å². The number of hydrogen-bond acceptors (Lipinski definition) is 8. The normalized spacial score (nSPS) is 15.2. The molecule has 2 aromatic heterocycles. The summed E-state index contributed by atoms with van der Waals surface area (Å²) in [5.41, 5.74) is 0.935. The van der Waals surface area contributed by atoms with Crippen LogP contribution >= 0.6 is 11.3 Å². The van der Waals surface area contributed by atoms with Gasteiger partial charge in [0, 0.05) is 11.6 Å².